The van der Waals surface area contributed by atoms with Crippen LogP contribution in [0.5, 0.6) is 0 Å². The van der Waals surface area contributed by atoms with Gasteiger partial charge in [0.1, 0.15) is 0 Å². The highest BCUT2D eigenvalue weighted by Gasteiger charge is 2.32. The third-order valence-electron chi connectivity index (χ3n) is 4.26. The van der Waals surface area contributed by atoms with Crippen LogP contribution in [0.4, 0.5) is 0 Å². The monoisotopic (exact) mass is 210 g/mol. The predicted molar refractivity (Wildman–Crippen MR) is 60.0 cm³/mol. The molecule has 0 amide bonds. The molecule has 3 heterocycles. The van der Waals surface area contributed by atoms with Gasteiger partial charge in [0, 0.05) is 37.9 Å². The molecule has 0 radical (unpaired) electrons. The first kappa shape index (κ1) is 10.1. The van der Waals surface area contributed by atoms with Gasteiger partial charge in [0.2, 0.25) is 0 Å². The van der Waals surface area contributed by atoms with Crippen molar-refractivity contribution in [2.75, 3.05) is 26.3 Å². The Kier molecular flexibility index (Phi) is 2.95. The Morgan fingerprint density at radius 2 is 1.73 bits per heavy atom. The van der Waals surface area contributed by atoms with Crippen molar-refractivity contribution in [1.29, 1.82) is 0 Å². The molecule has 3 nitrogen and oxygen atoms in total. The molecule has 2 unspecified atom stereocenters. The molecule has 3 heteroatoms. The summed E-state index contributed by atoms with van der Waals surface area (Å²) < 4.78 is 5.44. The van der Waals surface area contributed by atoms with E-state index in [1.165, 1.54) is 45.2 Å². The Morgan fingerprint density at radius 3 is 2.60 bits per heavy atom. The molecule has 3 rings (SSSR count). The van der Waals surface area contributed by atoms with Crippen LogP contribution in [-0.4, -0.2) is 49.3 Å². The molecule has 15 heavy (non-hydrogen) atoms. The van der Waals surface area contributed by atoms with Crippen molar-refractivity contribution in [2.45, 2.75) is 50.2 Å². The Bertz CT molecular complexity index is 216. The number of nitrogens with one attached hydrogen (secondary N) is 1. The zero-order valence-electron chi connectivity index (χ0n) is 9.45. The van der Waals surface area contributed by atoms with E-state index in [-0.39, 0.29) is 0 Å². The normalized spacial score (nSPS) is 39.2. The Morgan fingerprint density at radius 1 is 0.933 bits per heavy atom. The largest absolute Gasteiger partial charge is 0.381 e. The lowest BCUT2D eigenvalue weighted by Crippen LogP contribution is -2.44. The van der Waals surface area contributed by atoms with Crippen LogP contribution < -0.4 is 5.32 Å². The summed E-state index contributed by atoms with van der Waals surface area (Å²) in [6.45, 7) is 4.53. The first-order chi connectivity index (χ1) is 7.42. The molecule has 86 valence electrons. The number of nitrogens with zero attached hydrogens (tertiary/aromatic N) is 1. The third-order valence-corrected chi connectivity index (χ3v) is 4.26. The van der Waals surface area contributed by atoms with Crippen LogP contribution in [0.15, 0.2) is 0 Å². The van der Waals surface area contributed by atoms with E-state index < -0.39 is 0 Å². The first-order valence-corrected chi connectivity index (χ1v) is 6.49. The van der Waals surface area contributed by atoms with E-state index in [9.17, 15) is 0 Å². The first-order valence-electron chi connectivity index (χ1n) is 6.49. The van der Waals surface area contributed by atoms with Crippen molar-refractivity contribution >= 4 is 0 Å². The van der Waals surface area contributed by atoms with Crippen molar-refractivity contribution < 1.29 is 4.74 Å². The highest BCUT2D eigenvalue weighted by molar-refractivity contribution is 4.91. The molecule has 2 atom stereocenters. The summed E-state index contributed by atoms with van der Waals surface area (Å²) in [4.78, 5) is 2.72. The summed E-state index contributed by atoms with van der Waals surface area (Å²) in [7, 11) is 0. The van der Waals surface area contributed by atoms with E-state index in [1.54, 1.807) is 0 Å². The van der Waals surface area contributed by atoms with E-state index in [2.05, 4.69) is 10.2 Å². The number of ether oxygens (including phenoxy) is 1. The molecule has 0 aromatic rings. The molecule has 0 saturated carbocycles. The fraction of sp³-hybridized carbons (Fsp3) is 1.00. The fourth-order valence-electron chi connectivity index (χ4n) is 3.35. The maximum absolute atomic E-state index is 5.44. The molecule has 0 spiro atoms. The van der Waals surface area contributed by atoms with Gasteiger partial charge in [-0.3, -0.25) is 4.90 Å². The number of rotatable bonds is 1. The molecule has 3 aliphatic rings. The summed E-state index contributed by atoms with van der Waals surface area (Å²) >= 11 is 0. The highest BCUT2D eigenvalue weighted by atomic mass is 16.5. The van der Waals surface area contributed by atoms with E-state index in [1.807, 2.05) is 0 Å². The van der Waals surface area contributed by atoms with Gasteiger partial charge in [0.15, 0.2) is 0 Å². The minimum absolute atomic E-state index is 0.778. The van der Waals surface area contributed by atoms with Gasteiger partial charge in [-0.05, 0) is 38.6 Å². The number of fused-ring (bicyclic) bond motifs is 2. The van der Waals surface area contributed by atoms with Crippen LogP contribution in [0.3, 0.4) is 0 Å². The van der Waals surface area contributed by atoms with Crippen molar-refractivity contribution in [2.24, 2.45) is 0 Å². The van der Waals surface area contributed by atoms with Gasteiger partial charge < -0.3 is 10.1 Å². The van der Waals surface area contributed by atoms with Crippen LogP contribution in [0.1, 0.15) is 32.1 Å². The van der Waals surface area contributed by atoms with Gasteiger partial charge >= 0.3 is 0 Å². The van der Waals surface area contributed by atoms with Gasteiger partial charge in [0.25, 0.3) is 0 Å². The molecular weight excluding hydrogens is 188 g/mol. The maximum Gasteiger partial charge on any atom is 0.0480 e. The van der Waals surface area contributed by atoms with E-state index in [4.69, 9.17) is 4.74 Å². The van der Waals surface area contributed by atoms with E-state index >= 15 is 0 Å². The summed E-state index contributed by atoms with van der Waals surface area (Å²) in [5.41, 5.74) is 0. The van der Waals surface area contributed by atoms with Gasteiger partial charge in [-0.15, -0.1) is 0 Å². The summed E-state index contributed by atoms with van der Waals surface area (Å²) in [5.74, 6) is 0. The van der Waals surface area contributed by atoms with E-state index in [0.29, 0.717) is 0 Å². The van der Waals surface area contributed by atoms with Gasteiger partial charge in [-0.2, -0.15) is 0 Å². The lowest BCUT2D eigenvalue weighted by molar-refractivity contribution is 0.0325. The molecule has 3 fully saturated rings. The molecular formula is C12H22N2O. The molecule has 3 saturated heterocycles. The smallest absolute Gasteiger partial charge is 0.0480 e. The van der Waals surface area contributed by atoms with Crippen LogP contribution in [0, 0.1) is 0 Å². The molecule has 3 aliphatic heterocycles. The minimum Gasteiger partial charge on any atom is -0.381 e. The van der Waals surface area contributed by atoms with Crippen molar-refractivity contribution in [3.05, 3.63) is 0 Å². The van der Waals surface area contributed by atoms with Gasteiger partial charge in [-0.25, -0.2) is 0 Å². The van der Waals surface area contributed by atoms with E-state index in [0.717, 1.165) is 31.3 Å². The number of likely N-dealkylation sites (tertiary alicyclic amines) is 1. The second-order valence-corrected chi connectivity index (χ2v) is 5.27. The molecule has 0 aromatic carbocycles. The third kappa shape index (κ3) is 2.19. The van der Waals surface area contributed by atoms with Crippen LogP contribution in [0.2, 0.25) is 0 Å². The van der Waals surface area contributed by atoms with Gasteiger partial charge in [-0.1, -0.05) is 0 Å². The van der Waals surface area contributed by atoms with Crippen LogP contribution >= 0.6 is 0 Å². The second kappa shape index (κ2) is 4.40. The summed E-state index contributed by atoms with van der Waals surface area (Å²) in [5, 5.41) is 3.75. The van der Waals surface area contributed by atoms with Gasteiger partial charge in [0.05, 0.1) is 0 Å². The highest BCUT2D eigenvalue weighted by Crippen LogP contribution is 2.24. The maximum atomic E-state index is 5.44. The lowest BCUT2D eigenvalue weighted by Gasteiger charge is -2.35. The SMILES string of the molecule is C1CC(N2CCC3CCC(C2)N3)CCO1. The van der Waals surface area contributed by atoms with Crippen LogP contribution in [-0.2, 0) is 4.74 Å². The molecule has 2 bridgehead atoms. The summed E-state index contributed by atoms with van der Waals surface area (Å²) in [6.07, 6.45) is 6.65. The van der Waals surface area contributed by atoms with Crippen molar-refractivity contribution in [1.82, 2.24) is 10.2 Å². The van der Waals surface area contributed by atoms with Crippen LogP contribution in [0.25, 0.3) is 0 Å². The quantitative estimate of drug-likeness (QED) is 0.698. The van der Waals surface area contributed by atoms with Crippen molar-refractivity contribution in [3.63, 3.8) is 0 Å². The molecule has 0 aromatic heterocycles. The zero-order chi connectivity index (χ0) is 10.1. The molecule has 0 aliphatic carbocycles. The topological polar surface area (TPSA) is 24.5 Å². The standard InChI is InChI=1S/C12H22N2O/c1-2-11-9-14(6-3-10(1)13-11)12-4-7-15-8-5-12/h10-13H,1-9H2. The number of hydrogen-bond acceptors (Lipinski definition) is 3. The average molecular weight is 210 g/mol. The molecule has 1 N–H and O–H groups in total. The Labute approximate surface area is 92.2 Å². The average Bonchev–Trinajstić information content (AvgIpc) is 2.60. The number of hydrogen-bond donors (Lipinski definition) is 1. The van der Waals surface area contributed by atoms with Crippen molar-refractivity contribution in [3.8, 4) is 0 Å². The fourth-order valence-corrected chi connectivity index (χ4v) is 3.35. The Hall–Kier alpha value is -0.120. The summed E-state index contributed by atoms with van der Waals surface area (Å²) in [6, 6.07) is 2.40. The lowest BCUT2D eigenvalue weighted by atomic mass is 10.0. The minimum atomic E-state index is 0.778. The zero-order valence-corrected chi connectivity index (χ0v) is 9.45. The second-order valence-electron chi connectivity index (χ2n) is 5.27. The predicted octanol–water partition coefficient (Wildman–Crippen LogP) is 0.992. The Balaban J connectivity index is 1.60.